The van der Waals surface area contributed by atoms with Gasteiger partial charge >= 0.3 is 0 Å². The largest absolute Gasteiger partial charge is 0.376 e. The van der Waals surface area contributed by atoms with E-state index in [1.54, 1.807) is 0 Å². The molecule has 0 radical (unpaired) electrons. The van der Waals surface area contributed by atoms with Crippen LogP contribution in [0, 0.1) is 0 Å². The van der Waals surface area contributed by atoms with Crippen LogP contribution in [0.25, 0.3) is 0 Å². The molecule has 0 saturated carbocycles. The molecule has 0 spiro atoms. The van der Waals surface area contributed by atoms with Crippen LogP contribution < -0.4 is 0 Å². The van der Waals surface area contributed by atoms with E-state index >= 15 is 0 Å². The molecule has 2 aliphatic heterocycles. The number of hydrogen-bond donors (Lipinski definition) is 0. The third kappa shape index (κ3) is 2.93. The molecule has 0 unspecified atom stereocenters. The van der Waals surface area contributed by atoms with Crippen molar-refractivity contribution in [2.45, 2.75) is 37.9 Å². The molecule has 0 aliphatic carbocycles. The minimum Gasteiger partial charge on any atom is -0.376 e. The summed E-state index contributed by atoms with van der Waals surface area (Å²) >= 11 is 0. The molecule has 0 aromatic carbocycles. The van der Waals surface area contributed by atoms with E-state index in [-0.39, 0.29) is 0 Å². The Morgan fingerprint density at radius 1 is 0.923 bits per heavy atom. The zero-order chi connectivity index (χ0) is 8.93. The van der Waals surface area contributed by atoms with E-state index in [1.807, 2.05) is 0 Å². The lowest BCUT2D eigenvalue weighted by Crippen LogP contribution is -2.20. The summed E-state index contributed by atoms with van der Waals surface area (Å²) in [6.07, 6.45) is 5.39. The van der Waals surface area contributed by atoms with Gasteiger partial charge in [0.2, 0.25) is 0 Å². The quantitative estimate of drug-likeness (QED) is 0.663. The Kier molecular flexibility index (Phi) is 3.58. The summed E-state index contributed by atoms with van der Waals surface area (Å²) in [7, 11) is 0. The number of hydrogen-bond acceptors (Lipinski definition) is 3. The molecule has 2 aliphatic rings. The highest BCUT2D eigenvalue weighted by Gasteiger charge is 2.18. The summed E-state index contributed by atoms with van der Waals surface area (Å²) in [6, 6.07) is 0. The van der Waals surface area contributed by atoms with Crippen LogP contribution >= 0.6 is 0 Å². The second-order valence-electron chi connectivity index (χ2n) is 3.81. The van der Waals surface area contributed by atoms with Crippen molar-refractivity contribution in [3.05, 3.63) is 0 Å². The average Bonchev–Trinajstić information content (AvgIpc) is 2.75. The highest BCUT2D eigenvalue weighted by Crippen LogP contribution is 2.14. The second kappa shape index (κ2) is 4.94. The molecular formula is C10H18O3. The van der Waals surface area contributed by atoms with Gasteiger partial charge in [-0.25, -0.2) is 0 Å². The monoisotopic (exact) mass is 186 g/mol. The van der Waals surface area contributed by atoms with Crippen molar-refractivity contribution in [1.29, 1.82) is 0 Å². The van der Waals surface area contributed by atoms with Crippen molar-refractivity contribution in [2.24, 2.45) is 0 Å². The Balaban J connectivity index is 1.52. The molecule has 3 heteroatoms. The summed E-state index contributed by atoms with van der Waals surface area (Å²) in [5.41, 5.74) is 0. The van der Waals surface area contributed by atoms with Gasteiger partial charge in [0.25, 0.3) is 0 Å². The molecule has 3 nitrogen and oxygen atoms in total. The van der Waals surface area contributed by atoms with E-state index in [9.17, 15) is 0 Å². The Bertz CT molecular complexity index is 121. The minimum absolute atomic E-state index is 0.349. The van der Waals surface area contributed by atoms with Gasteiger partial charge in [-0.1, -0.05) is 0 Å². The van der Waals surface area contributed by atoms with Crippen LogP contribution in [0.4, 0.5) is 0 Å². The summed E-state index contributed by atoms with van der Waals surface area (Å²) in [5, 5.41) is 0. The zero-order valence-electron chi connectivity index (χ0n) is 8.04. The third-order valence-corrected chi connectivity index (χ3v) is 2.66. The van der Waals surface area contributed by atoms with Gasteiger partial charge in [0.1, 0.15) is 0 Å². The molecule has 2 heterocycles. The maximum absolute atomic E-state index is 5.55. The molecule has 2 rings (SSSR count). The lowest BCUT2D eigenvalue weighted by Gasteiger charge is -2.13. The van der Waals surface area contributed by atoms with Crippen molar-refractivity contribution in [3.63, 3.8) is 0 Å². The van der Waals surface area contributed by atoms with Crippen molar-refractivity contribution in [3.8, 4) is 0 Å². The van der Waals surface area contributed by atoms with Gasteiger partial charge in [-0.15, -0.1) is 0 Å². The highest BCUT2D eigenvalue weighted by atomic mass is 16.6. The van der Waals surface area contributed by atoms with Crippen LogP contribution in [0.1, 0.15) is 25.7 Å². The topological polar surface area (TPSA) is 27.7 Å². The maximum atomic E-state index is 5.55. The van der Waals surface area contributed by atoms with Crippen LogP contribution in [0.2, 0.25) is 0 Å². The Hall–Kier alpha value is -0.120. The first-order chi connectivity index (χ1) is 6.45. The van der Waals surface area contributed by atoms with Gasteiger partial charge in [-0.05, 0) is 25.7 Å². The fourth-order valence-electron chi connectivity index (χ4n) is 1.88. The molecule has 0 aromatic rings. The fraction of sp³-hybridized carbons (Fsp3) is 1.00. The average molecular weight is 186 g/mol. The minimum atomic E-state index is 0.349. The van der Waals surface area contributed by atoms with E-state index in [0.717, 1.165) is 39.3 Å². The van der Waals surface area contributed by atoms with Crippen LogP contribution in [0.5, 0.6) is 0 Å². The van der Waals surface area contributed by atoms with Gasteiger partial charge in [0.15, 0.2) is 0 Å². The van der Waals surface area contributed by atoms with Gasteiger partial charge in [-0.3, -0.25) is 0 Å². The smallest absolute Gasteiger partial charge is 0.0809 e. The number of ether oxygens (including phenoxy) is 3. The normalized spacial score (nSPS) is 34.2. The molecule has 0 amide bonds. The first kappa shape index (κ1) is 9.44. The zero-order valence-corrected chi connectivity index (χ0v) is 8.04. The van der Waals surface area contributed by atoms with E-state index in [4.69, 9.17) is 14.2 Å². The van der Waals surface area contributed by atoms with Gasteiger partial charge < -0.3 is 14.2 Å². The predicted molar refractivity (Wildman–Crippen MR) is 48.8 cm³/mol. The molecule has 0 aromatic heterocycles. The third-order valence-electron chi connectivity index (χ3n) is 2.66. The summed E-state index contributed by atoms with van der Waals surface area (Å²) < 4.78 is 16.5. The first-order valence-corrected chi connectivity index (χ1v) is 5.26. The van der Waals surface area contributed by atoms with Crippen molar-refractivity contribution in [1.82, 2.24) is 0 Å². The second-order valence-corrected chi connectivity index (χ2v) is 3.81. The molecular weight excluding hydrogens is 168 g/mol. The Morgan fingerprint density at radius 3 is 1.85 bits per heavy atom. The summed E-state index contributed by atoms with van der Waals surface area (Å²) in [6.45, 7) is 3.32. The lowest BCUT2D eigenvalue weighted by molar-refractivity contribution is -0.0245. The van der Waals surface area contributed by atoms with E-state index in [2.05, 4.69) is 0 Å². The Morgan fingerprint density at radius 2 is 1.46 bits per heavy atom. The van der Waals surface area contributed by atoms with Crippen LogP contribution in [0.15, 0.2) is 0 Å². The summed E-state index contributed by atoms with van der Waals surface area (Å²) in [4.78, 5) is 0. The van der Waals surface area contributed by atoms with Gasteiger partial charge in [0, 0.05) is 13.2 Å². The van der Waals surface area contributed by atoms with Crippen LogP contribution in [-0.4, -0.2) is 38.6 Å². The number of rotatable bonds is 4. The molecule has 2 saturated heterocycles. The maximum Gasteiger partial charge on any atom is 0.0809 e. The summed E-state index contributed by atoms with van der Waals surface area (Å²) in [5.74, 6) is 0. The molecule has 0 N–H and O–H groups in total. The molecule has 0 bridgehead atoms. The Labute approximate surface area is 79.4 Å². The highest BCUT2D eigenvalue weighted by molar-refractivity contribution is 4.66. The van der Waals surface area contributed by atoms with Gasteiger partial charge in [-0.2, -0.15) is 0 Å². The molecule has 13 heavy (non-hydrogen) atoms. The SMILES string of the molecule is C1CO[C@H](COC[C@@H]2CCCO2)C1. The van der Waals surface area contributed by atoms with Gasteiger partial charge in [0.05, 0.1) is 25.4 Å². The van der Waals surface area contributed by atoms with E-state index in [1.165, 1.54) is 12.8 Å². The van der Waals surface area contributed by atoms with Crippen molar-refractivity contribution >= 4 is 0 Å². The van der Waals surface area contributed by atoms with Crippen LogP contribution in [0.3, 0.4) is 0 Å². The van der Waals surface area contributed by atoms with E-state index in [0.29, 0.717) is 12.2 Å². The predicted octanol–water partition coefficient (Wildman–Crippen LogP) is 1.36. The molecule has 2 fully saturated rings. The lowest BCUT2D eigenvalue weighted by atomic mass is 10.2. The van der Waals surface area contributed by atoms with Crippen molar-refractivity contribution < 1.29 is 14.2 Å². The first-order valence-electron chi connectivity index (χ1n) is 5.26. The standard InChI is InChI=1S/C10H18O3/c1-3-9(12-5-1)7-11-8-10-4-2-6-13-10/h9-10H,1-8H2/t9-,10-/m0/s1. The van der Waals surface area contributed by atoms with Crippen LogP contribution in [-0.2, 0) is 14.2 Å². The molecule has 76 valence electrons. The fourth-order valence-corrected chi connectivity index (χ4v) is 1.88. The molecule has 2 atom stereocenters. The van der Waals surface area contributed by atoms with Crippen molar-refractivity contribution in [2.75, 3.05) is 26.4 Å². The van der Waals surface area contributed by atoms with E-state index < -0.39 is 0 Å².